The van der Waals surface area contributed by atoms with Gasteiger partial charge in [0.05, 0.1) is 6.04 Å². The summed E-state index contributed by atoms with van der Waals surface area (Å²) in [4.78, 5) is 0. The highest BCUT2D eigenvalue weighted by Gasteiger charge is 2.12. The minimum atomic E-state index is 0.0398. The molecule has 0 amide bonds. The molecular formula is C16H18BrNO. The van der Waals surface area contributed by atoms with Gasteiger partial charge in [0.1, 0.15) is 5.75 Å². The van der Waals surface area contributed by atoms with Crippen LogP contribution in [0, 0.1) is 13.8 Å². The van der Waals surface area contributed by atoms with Crippen molar-refractivity contribution in [2.24, 2.45) is 0 Å². The minimum Gasteiger partial charge on any atom is -0.508 e. The molecule has 1 unspecified atom stereocenters. The zero-order chi connectivity index (χ0) is 14.0. The fourth-order valence-corrected chi connectivity index (χ4v) is 2.44. The molecule has 19 heavy (non-hydrogen) atoms. The number of hydrogen-bond acceptors (Lipinski definition) is 2. The third-order valence-electron chi connectivity index (χ3n) is 3.14. The molecule has 0 saturated carbocycles. The van der Waals surface area contributed by atoms with Crippen molar-refractivity contribution in [3.05, 3.63) is 57.6 Å². The van der Waals surface area contributed by atoms with Gasteiger partial charge in [0.25, 0.3) is 0 Å². The number of anilines is 1. The summed E-state index contributed by atoms with van der Waals surface area (Å²) in [5, 5.41) is 13.4. The van der Waals surface area contributed by atoms with Crippen LogP contribution in [0.3, 0.4) is 0 Å². The van der Waals surface area contributed by atoms with Gasteiger partial charge in [0, 0.05) is 15.7 Å². The van der Waals surface area contributed by atoms with Crippen LogP contribution in [0.1, 0.15) is 29.7 Å². The number of phenols is 1. The van der Waals surface area contributed by atoms with Gasteiger partial charge in [-0.2, -0.15) is 0 Å². The maximum absolute atomic E-state index is 9.96. The highest BCUT2D eigenvalue weighted by Crippen LogP contribution is 2.31. The van der Waals surface area contributed by atoms with E-state index in [1.165, 1.54) is 5.56 Å². The molecule has 3 heteroatoms. The lowest BCUT2D eigenvalue weighted by Crippen LogP contribution is -2.07. The summed E-state index contributed by atoms with van der Waals surface area (Å²) < 4.78 is 1.03. The molecule has 2 aromatic rings. The topological polar surface area (TPSA) is 32.3 Å². The summed E-state index contributed by atoms with van der Waals surface area (Å²) in [5.41, 5.74) is 4.29. The molecule has 100 valence electrons. The third-order valence-corrected chi connectivity index (χ3v) is 3.83. The first kappa shape index (κ1) is 13.9. The van der Waals surface area contributed by atoms with Crippen molar-refractivity contribution in [3.63, 3.8) is 0 Å². The van der Waals surface area contributed by atoms with E-state index < -0.39 is 0 Å². The van der Waals surface area contributed by atoms with Crippen molar-refractivity contribution in [2.75, 3.05) is 5.32 Å². The van der Waals surface area contributed by atoms with E-state index in [2.05, 4.69) is 40.3 Å². The first-order chi connectivity index (χ1) is 8.97. The average Bonchev–Trinajstić information content (AvgIpc) is 2.36. The van der Waals surface area contributed by atoms with Crippen LogP contribution in [0.15, 0.2) is 40.9 Å². The monoisotopic (exact) mass is 319 g/mol. The number of nitrogens with one attached hydrogen (secondary N) is 1. The summed E-state index contributed by atoms with van der Waals surface area (Å²) in [6, 6.07) is 11.9. The number of phenolic OH excluding ortho intramolecular Hbond substituents is 1. The molecule has 1 atom stereocenters. The van der Waals surface area contributed by atoms with E-state index in [-0.39, 0.29) is 6.04 Å². The van der Waals surface area contributed by atoms with Crippen LogP contribution in [0.25, 0.3) is 0 Å². The minimum absolute atomic E-state index is 0.0398. The maximum atomic E-state index is 9.96. The zero-order valence-corrected chi connectivity index (χ0v) is 13.0. The van der Waals surface area contributed by atoms with Gasteiger partial charge in [-0.3, -0.25) is 0 Å². The molecule has 0 heterocycles. The van der Waals surface area contributed by atoms with Gasteiger partial charge in [0.2, 0.25) is 0 Å². The van der Waals surface area contributed by atoms with Gasteiger partial charge in [-0.25, -0.2) is 0 Å². The Morgan fingerprint density at radius 2 is 1.68 bits per heavy atom. The Hall–Kier alpha value is -1.48. The first-order valence-electron chi connectivity index (χ1n) is 6.29. The second-order valence-electron chi connectivity index (χ2n) is 4.91. The number of aromatic hydroxyl groups is 1. The molecule has 0 fully saturated rings. The fraction of sp³-hybridized carbons (Fsp3) is 0.250. The van der Waals surface area contributed by atoms with Crippen LogP contribution in [0.4, 0.5) is 5.69 Å². The molecule has 2 N–H and O–H groups in total. The summed E-state index contributed by atoms with van der Waals surface area (Å²) in [5.74, 6) is 0.328. The molecule has 0 aliphatic carbocycles. The van der Waals surface area contributed by atoms with Crippen LogP contribution in [0.2, 0.25) is 0 Å². The Morgan fingerprint density at radius 1 is 1.05 bits per heavy atom. The molecule has 2 rings (SSSR count). The largest absolute Gasteiger partial charge is 0.508 e. The quantitative estimate of drug-likeness (QED) is 0.839. The Kier molecular flexibility index (Phi) is 4.15. The average molecular weight is 320 g/mol. The predicted molar refractivity (Wildman–Crippen MR) is 83.8 cm³/mol. The zero-order valence-electron chi connectivity index (χ0n) is 11.4. The molecule has 0 aromatic heterocycles. The SMILES string of the molecule is Cc1ccc(Br)c(NC(C)c2cc(C)ccc2O)c1. The van der Waals surface area contributed by atoms with E-state index in [0.717, 1.165) is 21.3 Å². The Labute approximate surface area is 122 Å². The molecule has 0 saturated heterocycles. The van der Waals surface area contributed by atoms with E-state index in [4.69, 9.17) is 0 Å². The van der Waals surface area contributed by atoms with Crippen molar-refractivity contribution in [1.82, 2.24) is 0 Å². The number of benzene rings is 2. The van der Waals surface area contributed by atoms with E-state index in [9.17, 15) is 5.11 Å². The summed E-state index contributed by atoms with van der Waals surface area (Å²) in [7, 11) is 0. The summed E-state index contributed by atoms with van der Waals surface area (Å²) in [6.45, 7) is 6.13. The Balaban J connectivity index is 2.27. The molecule has 0 aliphatic rings. The van der Waals surface area contributed by atoms with Crippen molar-refractivity contribution >= 4 is 21.6 Å². The molecular weight excluding hydrogens is 302 g/mol. The highest BCUT2D eigenvalue weighted by atomic mass is 79.9. The molecule has 0 spiro atoms. The summed E-state index contributed by atoms with van der Waals surface area (Å²) in [6.07, 6.45) is 0. The fourth-order valence-electron chi connectivity index (χ4n) is 2.08. The lowest BCUT2D eigenvalue weighted by molar-refractivity contribution is 0.465. The van der Waals surface area contributed by atoms with Crippen LogP contribution in [-0.4, -0.2) is 5.11 Å². The van der Waals surface area contributed by atoms with Gasteiger partial charge in [0.15, 0.2) is 0 Å². The molecule has 0 aliphatic heterocycles. The predicted octanol–water partition coefficient (Wildman–Crippen LogP) is 4.94. The van der Waals surface area contributed by atoms with Gasteiger partial charge in [-0.05, 0) is 60.5 Å². The van der Waals surface area contributed by atoms with Crippen molar-refractivity contribution in [1.29, 1.82) is 0 Å². The van der Waals surface area contributed by atoms with Gasteiger partial charge >= 0.3 is 0 Å². The number of aryl methyl sites for hydroxylation is 2. The van der Waals surface area contributed by atoms with Gasteiger partial charge < -0.3 is 10.4 Å². The van der Waals surface area contributed by atoms with Crippen LogP contribution < -0.4 is 5.32 Å². The Morgan fingerprint density at radius 3 is 2.42 bits per heavy atom. The first-order valence-corrected chi connectivity index (χ1v) is 7.09. The molecule has 2 aromatic carbocycles. The lowest BCUT2D eigenvalue weighted by atomic mass is 10.0. The van der Waals surface area contributed by atoms with E-state index >= 15 is 0 Å². The van der Waals surface area contributed by atoms with E-state index in [0.29, 0.717) is 5.75 Å². The standard InChI is InChI=1S/C16H18BrNO/c1-10-5-7-16(19)13(8-10)12(3)18-15-9-11(2)4-6-14(15)17/h4-9,12,18-19H,1-3H3. The number of rotatable bonds is 3. The van der Waals surface area contributed by atoms with Crippen molar-refractivity contribution in [3.8, 4) is 5.75 Å². The molecule has 0 bridgehead atoms. The van der Waals surface area contributed by atoms with Crippen molar-refractivity contribution < 1.29 is 5.11 Å². The highest BCUT2D eigenvalue weighted by molar-refractivity contribution is 9.10. The lowest BCUT2D eigenvalue weighted by Gasteiger charge is -2.19. The van der Waals surface area contributed by atoms with Crippen LogP contribution in [-0.2, 0) is 0 Å². The van der Waals surface area contributed by atoms with Crippen molar-refractivity contribution in [2.45, 2.75) is 26.8 Å². The van der Waals surface area contributed by atoms with E-state index in [1.807, 2.05) is 32.0 Å². The van der Waals surface area contributed by atoms with E-state index in [1.54, 1.807) is 6.07 Å². The van der Waals surface area contributed by atoms with Crippen LogP contribution in [0.5, 0.6) is 5.75 Å². The Bertz CT molecular complexity index is 595. The smallest absolute Gasteiger partial charge is 0.120 e. The maximum Gasteiger partial charge on any atom is 0.120 e. The summed E-state index contributed by atoms with van der Waals surface area (Å²) >= 11 is 3.54. The molecule has 2 nitrogen and oxygen atoms in total. The molecule has 0 radical (unpaired) electrons. The second-order valence-corrected chi connectivity index (χ2v) is 5.77. The normalized spacial score (nSPS) is 12.2. The second kappa shape index (κ2) is 5.66. The van der Waals surface area contributed by atoms with Crippen LogP contribution >= 0.6 is 15.9 Å². The number of halogens is 1. The third kappa shape index (κ3) is 3.29. The number of hydrogen-bond donors (Lipinski definition) is 2. The van der Waals surface area contributed by atoms with Gasteiger partial charge in [-0.1, -0.05) is 23.8 Å². The van der Waals surface area contributed by atoms with Gasteiger partial charge in [-0.15, -0.1) is 0 Å².